The third-order valence-corrected chi connectivity index (χ3v) is 3.82. The van der Waals surface area contributed by atoms with Crippen molar-refractivity contribution in [2.24, 2.45) is 4.99 Å². The molecular weight excluding hydrogens is 270 g/mol. The van der Waals surface area contributed by atoms with E-state index in [1.54, 1.807) is 7.05 Å². The van der Waals surface area contributed by atoms with Gasteiger partial charge in [-0.1, -0.05) is 67.6 Å². The fourth-order valence-electron chi connectivity index (χ4n) is 2.37. The number of hydrogen-bond donors (Lipinski definition) is 2. The van der Waals surface area contributed by atoms with E-state index in [1.807, 2.05) is 12.1 Å². The molecule has 3 nitrogen and oxygen atoms in total. The minimum absolute atomic E-state index is 0.222. The van der Waals surface area contributed by atoms with Gasteiger partial charge in [0, 0.05) is 13.6 Å². The third kappa shape index (κ3) is 4.62. The molecule has 0 amide bonds. The lowest BCUT2D eigenvalue weighted by atomic mass is 10.0. The summed E-state index contributed by atoms with van der Waals surface area (Å²) in [5, 5.41) is 6.84. The predicted octanol–water partition coefficient (Wildman–Crippen LogP) is 3.72. The first-order valence-corrected chi connectivity index (χ1v) is 7.77. The molecule has 2 atom stereocenters. The molecule has 2 N–H and O–H groups in total. The molecule has 0 aliphatic carbocycles. The first-order chi connectivity index (χ1) is 10.7. The van der Waals surface area contributed by atoms with Gasteiger partial charge in [0.1, 0.15) is 0 Å². The van der Waals surface area contributed by atoms with E-state index in [1.165, 1.54) is 11.1 Å². The molecule has 116 valence electrons. The monoisotopic (exact) mass is 295 g/mol. The molecule has 2 unspecified atom stereocenters. The molecule has 0 spiro atoms. The summed E-state index contributed by atoms with van der Waals surface area (Å²) >= 11 is 0. The summed E-state index contributed by atoms with van der Waals surface area (Å²) in [6.07, 6.45) is 0. The molecule has 0 heterocycles. The van der Waals surface area contributed by atoms with Gasteiger partial charge in [-0.2, -0.15) is 0 Å². The van der Waals surface area contributed by atoms with Crippen molar-refractivity contribution in [2.75, 3.05) is 13.6 Å². The zero-order valence-corrected chi connectivity index (χ0v) is 13.6. The van der Waals surface area contributed by atoms with E-state index < -0.39 is 0 Å². The summed E-state index contributed by atoms with van der Waals surface area (Å²) in [6, 6.07) is 21.1. The zero-order chi connectivity index (χ0) is 15.8. The van der Waals surface area contributed by atoms with E-state index in [0.29, 0.717) is 5.92 Å². The minimum atomic E-state index is 0.222. The lowest BCUT2D eigenvalue weighted by molar-refractivity contribution is 0.658. The third-order valence-electron chi connectivity index (χ3n) is 3.82. The summed E-state index contributed by atoms with van der Waals surface area (Å²) in [7, 11) is 1.81. The van der Waals surface area contributed by atoms with Crippen LogP contribution in [0.4, 0.5) is 0 Å². The van der Waals surface area contributed by atoms with Gasteiger partial charge in [0.2, 0.25) is 0 Å². The number of benzene rings is 2. The van der Waals surface area contributed by atoms with Gasteiger partial charge in [-0.25, -0.2) is 0 Å². The lowest BCUT2D eigenvalue weighted by Gasteiger charge is -2.20. The smallest absolute Gasteiger partial charge is 0.191 e. The Labute approximate surface area is 133 Å². The van der Waals surface area contributed by atoms with E-state index in [2.05, 4.69) is 78.0 Å². The highest BCUT2D eigenvalue weighted by Crippen LogP contribution is 2.13. The Morgan fingerprint density at radius 3 is 2.00 bits per heavy atom. The second kappa shape index (κ2) is 8.23. The molecule has 2 rings (SSSR count). The molecule has 0 bridgehead atoms. The van der Waals surface area contributed by atoms with E-state index >= 15 is 0 Å². The van der Waals surface area contributed by atoms with Gasteiger partial charge in [0.15, 0.2) is 5.96 Å². The quantitative estimate of drug-likeness (QED) is 0.651. The van der Waals surface area contributed by atoms with Crippen LogP contribution in [0.1, 0.15) is 36.9 Å². The molecule has 0 radical (unpaired) electrons. The second-order valence-corrected chi connectivity index (χ2v) is 5.54. The van der Waals surface area contributed by atoms with Crippen molar-refractivity contribution in [3.05, 3.63) is 71.8 Å². The summed E-state index contributed by atoms with van der Waals surface area (Å²) in [5.74, 6) is 1.27. The Kier molecular flexibility index (Phi) is 6.01. The van der Waals surface area contributed by atoms with Gasteiger partial charge >= 0.3 is 0 Å². The summed E-state index contributed by atoms with van der Waals surface area (Å²) in [5.41, 5.74) is 2.59. The van der Waals surface area contributed by atoms with Crippen molar-refractivity contribution in [1.82, 2.24) is 10.6 Å². The summed E-state index contributed by atoms with van der Waals surface area (Å²) < 4.78 is 0. The highest BCUT2D eigenvalue weighted by Gasteiger charge is 2.09. The normalized spacial score (nSPS) is 14.2. The molecule has 2 aromatic carbocycles. The molecule has 0 aromatic heterocycles. The van der Waals surface area contributed by atoms with Gasteiger partial charge in [0.05, 0.1) is 6.04 Å². The van der Waals surface area contributed by atoms with Crippen LogP contribution in [-0.4, -0.2) is 19.6 Å². The molecule has 3 heteroatoms. The first-order valence-electron chi connectivity index (χ1n) is 7.77. The van der Waals surface area contributed by atoms with E-state index in [-0.39, 0.29) is 6.04 Å². The van der Waals surface area contributed by atoms with Gasteiger partial charge in [-0.15, -0.1) is 0 Å². The first kappa shape index (κ1) is 16.1. The maximum Gasteiger partial charge on any atom is 0.191 e. The van der Waals surface area contributed by atoms with Gasteiger partial charge < -0.3 is 10.6 Å². The molecule has 0 saturated carbocycles. The molecular formula is C19H25N3. The van der Waals surface area contributed by atoms with Crippen molar-refractivity contribution in [3.63, 3.8) is 0 Å². The average Bonchev–Trinajstić information content (AvgIpc) is 2.59. The van der Waals surface area contributed by atoms with Crippen molar-refractivity contribution < 1.29 is 0 Å². The SMILES string of the molecule is CN=C(NCC(C)c1ccccc1)NC(C)c1ccccc1. The highest BCUT2D eigenvalue weighted by atomic mass is 15.2. The van der Waals surface area contributed by atoms with E-state index in [4.69, 9.17) is 0 Å². The van der Waals surface area contributed by atoms with E-state index in [9.17, 15) is 0 Å². The Bertz CT molecular complexity index is 578. The average molecular weight is 295 g/mol. The van der Waals surface area contributed by atoms with Crippen LogP contribution in [0.2, 0.25) is 0 Å². The largest absolute Gasteiger partial charge is 0.356 e. The number of guanidine groups is 1. The van der Waals surface area contributed by atoms with Crippen LogP contribution in [0.15, 0.2) is 65.7 Å². The molecule has 2 aromatic rings. The number of rotatable bonds is 5. The highest BCUT2D eigenvalue weighted by molar-refractivity contribution is 5.80. The Morgan fingerprint density at radius 2 is 1.45 bits per heavy atom. The standard InChI is InChI=1S/C19H25N3/c1-15(17-10-6-4-7-11-17)14-21-19(20-3)22-16(2)18-12-8-5-9-13-18/h4-13,15-16H,14H2,1-3H3,(H2,20,21,22). The lowest BCUT2D eigenvalue weighted by Crippen LogP contribution is -2.40. The minimum Gasteiger partial charge on any atom is -0.356 e. The number of aliphatic imine (C=N–C) groups is 1. The summed E-state index contributed by atoms with van der Waals surface area (Å²) in [6.45, 7) is 5.21. The van der Waals surface area contributed by atoms with Crippen LogP contribution in [0, 0.1) is 0 Å². The van der Waals surface area contributed by atoms with Gasteiger partial charge in [-0.3, -0.25) is 4.99 Å². The van der Waals surface area contributed by atoms with Crippen molar-refractivity contribution in [2.45, 2.75) is 25.8 Å². The van der Waals surface area contributed by atoms with Crippen molar-refractivity contribution >= 4 is 5.96 Å². The van der Waals surface area contributed by atoms with Crippen LogP contribution < -0.4 is 10.6 Å². The summed E-state index contributed by atoms with van der Waals surface area (Å²) in [4.78, 5) is 4.31. The fraction of sp³-hybridized carbons (Fsp3) is 0.316. The van der Waals surface area contributed by atoms with E-state index in [0.717, 1.165) is 12.5 Å². The van der Waals surface area contributed by atoms with Crippen LogP contribution in [0.5, 0.6) is 0 Å². The zero-order valence-electron chi connectivity index (χ0n) is 13.6. The molecule has 0 aliphatic rings. The Hall–Kier alpha value is -2.29. The molecule has 22 heavy (non-hydrogen) atoms. The van der Waals surface area contributed by atoms with Crippen molar-refractivity contribution in [1.29, 1.82) is 0 Å². The predicted molar refractivity (Wildman–Crippen MR) is 94.2 cm³/mol. The van der Waals surface area contributed by atoms with Gasteiger partial charge in [0.25, 0.3) is 0 Å². The van der Waals surface area contributed by atoms with Gasteiger partial charge in [-0.05, 0) is 24.0 Å². The van der Waals surface area contributed by atoms with Crippen LogP contribution in [0.3, 0.4) is 0 Å². The Morgan fingerprint density at radius 1 is 0.909 bits per heavy atom. The van der Waals surface area contributed by atoms with Crippen LogP contribution in [0.25, 0.3) is 0 Å². The Balaban J connectivity index is 1.88. The maximum atomic E-state index is 4.31. The molecule has 0 aliphatic heterocycles. The molecule has 0 fully saturated rings. The fourth-order valence-corrected chi connectivity index (χ4v) is 2.37. The van der Waals surface area contributed by atoms with Crippen molar-refractivity contribution in [3.8, 4) is 0 Å². The number of nitrogens with zero attached hydrogens (tertiary/aromatic N) is 1. The van der Waals surface area contributed by atoms with Crippen LogP contribution in [-0.2, 0) is 0 Å². The van der Waals surface area contributed by atoms with Crippen LogP contribution >= 0.6 is 0 Å². The molecule has 0 saturated heterocycles. The maximum absolute atomic E-state index is 4.31. The number of nitrogens with one attached hydrogen (secondary N) is 2. The number of hydrogen-bond acceptors (Lipinski definition) is 1. The topological polar surface area (TPSA) is 36.4 Å². The second-order valence-electron chi connectivity index (χ2n) is 5.54.